The summed E-state index contributed by atoms with van der Waals surface area (Å²) in [5, 5.41) is 10.6. The lowest BCUT2D eigenvalue weighted by Gasteiger charge is -2.13. The predicted molar refractivity (Wildman–Crippen MR) is 101 cm³/mol. The number of benzene rings is 2. The van der Waals surface area contributed by atoms with Crippen LogP contribution in [0.5, 0.6) is 0 Å². The van der Waals surface area contributed by atoms with Crippen LogP contribution in [0.25, 0.3) is 5.69 Å². The molecular weight excluding hydrogens is 432 g/mol. The molecule has 0 aliphatic carbocycles. The van der Waals surface area contributed by atoms with Gasteiger partial charge in [-0.05, 0) is 36.6 Å². The molecule has 29 heavy (non-hydrogen) atoms. The van der Waals surface area contributed by atoms with Crippen molar-refractivity contribution in [3.63, 3.8) is 0 Å². The molecule has 0 saturated carbocycles. The number of carbonyl (C=O) groups is 1. The maximum absolute atomic E-state index is 13.9. The van der Waals surface area contributed by atoms with E-state index in [1.807, 2.05) is 0 Å². The lowest BCUT2D eigenvalue weighted by Crippen LogP contribution is -2.26. The Morgan fingerprint density at radius 1 is 1.21 bits per heavy atom. The lowest BCUT2D eigenvalue weighted by molar-refractivity contribution is -0.137. The second-order valence-corrected chi connectivity index (χ2v) is 6.95. The summed E-state index contributed by atoms with van der Waals surface area (Å²) in [4.78, 5) is 12.3. The van der Waals surface area contributed by atoms with Crippen molar-refractivity contribution in [2.24, 2.45) is 0 Å². The van der Waals surface area contributed by atoms with Gasteiger partial charge in [-0.1, -0.05) is 35.5 Å². The largest absolute Gasteiger partial charge is 0.416 e. The van der Waals surface area contributed by atoms with E-state index in [9.17, 15) is 22.4 Å². The lowest BCUT2D eigenvalue weighted by atomic mass is 10.2. The molecule has 0 fully saturated rings. The number of nitrogens with one attached hydrogen (secondary N) is 1. The maximum Gasteiger partial charge on any atom is 0.416 e. The van der Waals surface area contributed by atoms with Crippen molar-refractivity contribution in [1.29, 1.82) is 0 Å². The third-order valence-electron chi connectivity index (χ3n) is 3.91. The van der Waals surface area contributed by atoms with E-state index in [4.69, 9.17) is 11.6 Å². The van der Waals surface area contributed by atoms with Gasteiger partial charge in [-0.15, -0.1) is 10.2 Å². The summed E-state index contributed by atoms with van der Waals surface area (Å²) in [5.74, 6) is -1.40. The zero-order valence-electron chi connectivity index (χ0n) is 14.8. The molecule has 0 bridgehead atoms. The van der Waals surface area contributed by atoms with Gasteiger partial charge in [-0.2, -0.15) is 13.2 Å². The third kappa shape index (κ3) is 4.54. The highest BCUT2D eigenvalue weighted by Crippen LogP contribution is 2.31. The highest BCUT2D eigenvalue weighted by Gasteiger charge is 2.31. The number of thioether (sulfide) groups is 1. The number of amides is 1. The molecule has 11 heteroatoms. The van der Waals surface area contributed by atoms with Crippen LogP contribution in [-0.4, -0.2) is 26.9 Å². The van der Waals surface area contributed by atoms with E-state index >= 15 is 0 Å². The molecule has 0 aliphatic heterocycles. The zero-order chi connectivity index (χ0) is 21.2. The summed E-state index contributed by atoms with van der Waals surface area (Å²) < 4.78 is 54.5. The fourth-order valence-corrected chi connectivity index (χ4v) is 3.35. The molecular formula is C18H13ClF4N4OS. The predicted octanol–water partition coefficient (Wildman–Crippen LogP) is 4.73. The average molecular weight is 445 g/mol. The van der Waals surface area contributed by atoms with Gasteiger partial charge in [-0.25, -0.2) is 4.39 Å². The summed E-state index contributed by atoms with van der Waals surface area (Å²) >= 11 is 7.05. The monoisotopic (exact) mass is 444 g/mol. The minimum Gasteiger partial charge on any atom is -0.345 e. The molecule has 1 heterocycles. The van der Waals surface area contributed by atoms with Crippen molar-refractivity contribution < 1.29 is 22.4 Å². The molecule has 0 spiro atoms. The number of aromatic nitrogens is 3. The first-order chi connectivity index (χ1) is 13.7. The van der Waals surface area contributed by atoms with Gasteiger partial charge in [-0.3, -0.25) is 9.36 Å². The van der Waals surface area contributed by atoms with E-state index in [0.717, 1.165) is 18.2 Å². The molecule has 1 N–H and O–H groups in total. The van der Waals surface area contributed by atoms with E-state index in [0.29, 0.717) is 5.16 Å². The molecule has 1 amide bonds. The number of hydrogen-bond acceptors (Lipinski definition) is 4. The smallest absolute Gasteiger partial charge is 0.345 e. The zero-order valence-corrected chi connectivity index (χ0v) is 16.4. The molecule has 0 saturated heterocycles. The van der Waals surface area contributed by atoms with Crippen molar-refractivity contribution in [2.45, 2.75) is 17.9 Å². The summed E-state index contributed by atoms with van der Waals surface area (Å²) in [6, 6.07) is 8.48. The Bertz CT molecular complexity index is 1030. The van der Waals surface area contributed by atoms with Gasteiger partial charge in [0.2, 0.25) is 0 Å². The summed E-state index contributed by atoms with van der Waals surface area (Å²) in [7, 11) is 0. The van der Waals surface area contributed by atoms with Crippen molar-refractivity contribution in [3.8, 4) is 5.69 Å². The highest BCUT2D eigenvalue weighted by molar-refractivity contribution is 7.98. The first-order valence-electron chi connectivity index (χ1n) is 8.10. The Balaban J connectivity index is 1.91. The Kier molecular flexibility index (Phi) is 6.13. The van der Waals surface area contributed by atoms with Crippen molar-refractivity contribution in [2.75, 3.05) is 6.26 Å². The molecule has 1 aromatic heterocycles. The SMILES string of the molecule is CSc1nnc(CNC(=O)c2c(F)cccc2Cl)n1-c1cccc(C(F)(F)F)c1. The summed E-state index contributed by atoms with van der Waals surface area (Å²) in [6.45, 7) is -0.201. The van der Waals surface area contributed by atoms with E-state index in [-0.39, 0.29) is 28.6 Å². The summed E-state index contributed by atoms with van der Waals surface area (Å²) in [6.07, 6.45) is -2.82. The van der Waals surface area contributed by atoms with Crippen LogP contribution in [0.4, 0.5) is 17.6 Å². The minimum atomic E-state index is -4.51. The van der Waals surface area contributed by atoms with Gasteiger partial charge in [0.1, 0.15) is 5.82 Å². The van der Waals surface area contributed by atoms with Crippen LogP contribution in [0, 0.1) is 5.82 Å². The fraction of sp³-hybridized carbons (Fsp3) is 0.167. The van der Waals surface area contributed by atoms with Crippen molar-refractivity contribution in [1.82, 2.24) is 20.1 Å². The molecule has 2 aromatic carbocycles. The molecule has 0 atom stereocenters. The van der Waals surface area contributed by atoms with E-state index in [1.54, 1.807) is 6.26 Å². The van der Waals surface area contributed by atoms with Crippen LogP contribution in [0.3, 0.4) is 0 Å². The van der Waals surface area contributed by atoms with Gasteiger partial charge >= 0.3 is 6.18 Å². The van der Waals surface area contributed by atoms with Crippen molar-refractivity contribution in [3.05, 3.63) is 70.3 Å². The first-order valence-corrected chi connectivity index (χ1v) is 9.70. The Labute approximate surface area is 172 Å². The van der Waals surface area contributed by atoms with E-state index < -0.39 is 23.5 Å². The Hall–Kier alpha value is -2.59. The molecule has 0 unspecified atom stereocenters. The number of halogens is 5. The van der Waals surface area contributed by atoms with Gasteiger partial charge < -0.3 is 5.32 Å². The van der Waals surface area contributed by atoms with Crippen LogP contribution in [0.1, 0.15) is 21.7 Å². The molecule has 3 rings (SSSR count). The fourth-order valence-electron chi connectivity index (χ4n) is 2.59. The number of hydrogen-bond donors (Lipinski definition) is 1. The number of carbonyl (C=O) groups excluding carboxylic acids is 1. The second kappa shape index (κ2) is 8.42. The van der Waals surface area contributed by atoms with Crippen LogP contribution in [0.2, 0.25) is 5.02 Å². The first kappa shape index (κ1) is 21.1. The molecule has 0 aliphatic rings. The molecule has 0 radical (unpaired) electrons. The minimum absolute atomic E-state index is 0.0633. The van der Waals surface area contributed by atoms with Gasteiger partial charge in [0.15, 0.2) is 11.0 Å². The maximum atomic E-state index is 13.9. The molecule has 152 valence electrons. The van der Waals surface area contributed by atoms with Crippen LogP contribution < -0.4 is 5.32 Å². The van der Waals surface area contributed by atoms with Crippen LogP contribution in [-0.2, 0) is 12.7 Å². The van der Waals surface area contributed by atoms with Gasteiger partial charge in [0, 0.05) is 0 Å². The number of rotatable bonds is 5. The van der Waals surface area contributed by atoms with E-state index in [2.05, 4.69) is 15.5 Å². The molecule has 5 nitrogen and oxygen atoms in total. The van der Waals surface area contributed by atoms with Crippen LogP contribution in [0.15, 0.2) is 47.6 Å². The van der Waals surface area contributed by atoms with Crippen LogP contribution >= 0.6 is 23.4 Å². The van der Waals surface area contributed by atoms with Gasteiger partial charge in [0.25, 0.3) is 5.91 Å². The normalized spacial score (nSPS) is 11.5. The Morgan fingerprint density at radius 2 is 1.93 bits per heavy atom. The van der Waals surface area contributed by atoms with E-state index in [1.165, 1.54) is 40.6 Å². The molecule has 3 aromatic rings. The third-order valence-corrected chi connectivity index (χ3v) is 4.86. The second-order valence-electron chi connectivity index (χ2n) is 5.77. The quantitative estimate of drug-likeness (QED) is 0.456. The number of alkyl halides is 3. The Morgan fingerprint density at radius 3 is 2.59 bits per heavy atom. The standard InChI is InChI=1S/C18H13ClF4N4OS/c1-29-17-26-25-14(9-24-16(28)15-12(19)6-3-7-13(15)20)27(17)11-5-2-4-10(8-11)18(21,22)23/h2-8H,9H2,1H3,(H,24,28). The topological polar surface area (TPSA) is 59.8 Å². The van der Waals surface area contributed by atoms with Gasteiger partial charge in [0.05, 0.1) is 28.4 Å². The summed E-state index contributed by atoms with van der Waals surface area (Å²) in [5.41, 5.74) is -0.976. The average Bonchev–Trinajstić information content (AvgIpc) is 3.08. The van der Waals surface area contributed by atoms with Crippen molar-refractivity contribution >= 4 is 29.3 Å². The number of nitrogens with zero attached hydrogens (tertiary/aromatic N) is 3. The highest BCUT2D eigenvalue weighted by atomic mass is 35.5.